The van der Waals surface area contributed by atoms with Gasteiger partial charge in [-0.15, -0.1) is 0 Å². The van der Waals surface area contributed by atoms with Gasteiger partial charge in [-0.1, -0.05) is 13.0 Å². The lowest BCUT2D eigenvalue weighted by Gasteiger charge is -2.24. The summed E-state index contributed by atoms with van der Waals surface area (Å²) >= 11 is 0. The first-order chi connectivity index (χ1) is 9.49. The van der Waals surface area contributed by atoms with Gasteiger partial charge in [0.25, 0.3) is 0 Å². The number of rotatable bonds is 4. The Balaban J connectivity index is 2.04. The fourth-order valence-corrected chi connectivity index (χ4v) is 2.11. The van der Waals surface area contributed by atoms with E-state index in [2.05, 4.69) is 0 Å². The Labute approximate surface area is 119 Å². The highest BCUT2D eigenvalue weighted by molar-refractivity contribution is 5.78. The summed E-state index contributed by atoms with van der Waals surface area (Å²) in [6.45, 7) is 5.38. The third-order valence-corrected chi connectivity index (χ3v) is 3.58. The molecule has 0 radical (unpaired) electrons. The van der Waals surface area contributed by atoms with Crippen LogP contribution in [-0.2, 0) is 11.3 Å². The quantitative estimate of drug-likeness (QED) is 0.904. The lowest BCUT2D eigenvalue weighted by molar-refractivity contribution is -0.134. The first-order valence-corrected chi connectivity index (χ1v) is 6.88. The van der Waals surface area contributed by atoms with Crippen LogP contribution in [0.5, 0.6) is 11.5 Å². The topological polar surface area (TPSA) is 64.8 Å². The number of amides is 1. The van der Waals surface area contributed by atoms with Gasteiger partial charge in [-0.05, 0) is 24.6 Å². The van der Waals surface area contributed by atoms with Crippen molar-refractivity contribution in [2.24, 2.45) is 11.7 Å². The van der Waals surface area contributed by atoms with Crippen LogP contribution in [0.25, 0.3) is 0 Å². The van der Waals surface area contributed by atoms with Crippen molar-refractivity contribution in [3.8, 4) is 11.5 Å². The normalized spacial score (nSPS) is 16.4. The molecule has 5 nitrogen and oxygen atoms in total. The molecule has 0 bridgehead atoms. The fourth-order valence-electron chi connectivity index (χ4n) is 2.11. The van der Waals surface area contributed by atoms with Crippen LogP contribution >= 0.6 is 0 Å². The van der Waals surface area contributed by atoms with Crippen LogP contribution < -0.4 is 15.2 Å². The SMILES string of the molecule is CC(N)C(C)C(=O)N(C)Cc1ccc2c(c1)OCCO2. The zero-order valence-electron chi connectivity index (χ0n) is 12.3. The minimum absolute atomic E-state index is 0.0508. The van der Waals surface area contributed by atoms with E-state index >= 15 is 0 Å². The molecule has 2 unspecified atom stereocenters. The van der Waals surface area contributed by atoms with Gasteiger partial charge in [-0.3, -0.25) is 4.79 Å². The van der Waals surface area contributed by atoms with Crippen molar-refractivity contribution in [1.82, 2.24) is 4.90 Å². The minimum atomic E-state index is -0.183. The Morgan fingerprint density at radius 2 is 1.95 bits per heavy atom. The summed E-state index contributed by atoms with van der Waals surface area (Å²) in [6.07, 6.45) is 0. The maximum atomic E-state index is 12.2. The number of hydrogen-bond acceptors (Lipinski definition) is 4. The van der Waals surface area contributed by atoms with Crippen LogP contribution in [0.1, 0.15) is 19.4 Å². The molecule has 1 aliphatic rings. The van der Waals surface area contributed by atoms with Crippen LogP contribution in [0.4, 0.5) is 0 Å². The van der Waals surface area contributed by atoms with Crippen LogP contribution in [0, 0.1) is 5.92 Å². The van der Waals surface area contributed by atoms with Crippen LogP contribution in [-0.4, -0.2) is 37.1 Å². The average molecular weight is 278 g/mol. The van der Waals surface area contributed by atoms with E-state index in [4.69, 9.17) is 15.2 Å². The first kappa shape index (κ1) is 14.7. The number of nitrogens with two attached hydrogens (primary N) is 1. The Morgan fingerprint density at radius 1 is 1.30 bits per heavy atom. The van der Waals surface area contributed by atoms with Gasteiger partial charge in [0.15, 0.2) is 11.5 Å². The van der Waals surface area contributed by atoms with Crippen molar-refractivity contribution in [3.63, 3.8) is 0 Å². The first-order valence-electron chi connectivity index (χ1n) is 6.88. The standard InChI is InChI=1S/C15H22N2O3/c1-10(11(2)16)15(18)17(3)9-12-4-5-13-14(8-12)20-7-6-19-13/h4-5,8,10-11H,6-7,9,16H2,1-3H3. The summed E-state index contributed by atoms with van der Waals surface area (Å²) in [5.74, 6) is 1.37. The van der Waals surface area contributed by atoms with Gasteiger partial charge in [0.1, 0.15) is 13.2 Å². The van der Waals surface area contributed by atoms with Crippen molar-refractivity contribution in [3.05, 3.63) is 23.8 Å². The zero-order valence-corrected chi connectivity index (χ0v) is 12.3. The zero-order chi connectivity index (χ0) is 14.7. The summed E-state index contributed by atoms with van der Waals surface area (Å²) in [4.78, 5) is 13.9. The number of carbonyl (C=O) groups is 1. The molecule has 2 atom stereocenters. The molecular weight excluding hydrogens is 256 g/mol. The van der Waals surface area contributed by atoms with E-state index < -0.39 is 0 Å². The minimum Gasteiger partial charge on any atom is -0.486 e. The molecule has 20 heavy (non-hydrogen) atoms. The van der Waals surface area contributed by atoms with Crippen molar-refractivity contribution >= 4 is 5.91 Å². The molecule has 0 saturated carbocycles. The van der Waals surface area contributed by atoms with Crippen molar-refractivity contribution in [2.75, 3.05) is 20.3 Å². The molecule has 0 spiro atoms. The number of nitrogens with zero attached hydrogens (tertiary/aromatic N) is 1. The molecule has 2 rings (SSSR count). The highest BCUT2D eigenvalue weighted by atomic mass is 16.6. The third-order valence-electron chi connectivity index (χ3n) is 3.58. The molecule has 1 heterocycles. The summed E-state index contributed by atoms with van der Waals surface area (Å²) in [7, 11) is 1.79. The van der Waals surface area contributed by atoms with Gasteiger partial charge in [0.05, 0.1) is 5.92 Å². The highest BCUT2D eigenvalue weighted by Gasteiger charge is 2.21. The van der Waals surface area contributed by atoms with E-state index in [1.807, 2.05) is 32.0 Å². The smallest absolute Gasteiger partial charge is 0.226 e. The third kappa shape index (κ3) is 3.22. The summed E-state index contributed by atoms with van der Waals surface area (Å²) in [5.41, 5.74) is 6.79. The summed E-state index contributed by atoms with van der Waals surface area (Å²) < 4.78 is 11.0. The second-order valence-corrected chi connectivity index (χ2v) is 5.32. The maximum Gasteiger partial charge on any atom is 0.226 e. The average Bonchev–Trinajstić information content (AvgIpc) is 2.45. The monoisotopic (exact) mass is 278 g/mol. The number of ether oxygens (including phenoxy) is 2. The van der Waals surface area contributed by atoms with E-state index in [0.717, 1.165) is 17.1 Å². The molecule has 0 aromatic heterocycles. The molecule has 0 saturated heterocycles. The van der Waals surface area contributed by atoms with Crippen molar-refractivity contribution < 1.29 is 14.3 Å². The maximum absolute atomic E-state index is 12.2. The largest absolute Gasteiger partial charge is 0.486 e. The Bertz CT molecular complexity index is 488. The number of carbonyl (C=O) groups excluding carboxylic acids is 1. The predicted octanol–water partition coefficient (Wildman–Crippen LogP) is 1.40. The van der Waals surface area contributed by atoms with Gasteiger partial charge in [0, 0.05) is 19.6 Å². The Kier molecular flexibility index (Phi) is 4.49. The van der Waals surface area contributed by atoms with E-state index in [-0.39, 0.29) is 17.9 Å². The highest BCUT2D eigenvalue weighted by Crippen LogP contribution is 2.31. The van der Waals surface area contributed by atoms with Gasteiger partial charge in [0.2, 0.25) is 5.91 Å². The molecule has 110 valence electrons. The molecule has 2 N–H and O–H groups in total. The van der Waals surface area contributed by atoms with Gasteiger partial charge >= 0.3 is 0 Å². The van der Waals surface area contributed by atoms with Gasteiger partial charge < -0.3 is 20.1 Å². The van der Waals surface area contributed by atoms with Crippen molar-refractivity contribution in [1.29, 1.82) is 0 Å². The number of hydrogen-bond donors (Lipinski definition) is 1. The van der Waals surface area contributed by atoms with Crippen LogP contribution in [0.15, 0.2) is 18.2 Å². The Morgan fingerprint density at radius 3 is 2.60 bits per heavy atom. The van der Waals surface area contributed by atoms with Crippen LogP contribution in [0.2, 0.25) is 0 Å². The van der Waals surface area contributed by atoms with Crippen LogP contribution in [0.3, 0.4) is 0 Å². The molecule has 0 fully saturated rings. The lowest BCUT2D eigenvalue weighted by atomic mass is 10.0. The van der Waals surface area contributed by atoms with E-state index in [1.165, 1.54) is 0 Å². The summed E-state index contributed by atoms with van der Waals surface area (Å²) in [5, 5.41) is 0. The van der Waals surface area contributed by atoms with E-state index in [0.29, 0.717) is 19.8 Å². The number of fused-ring (bicyclic) bond motifs is 1. The molecule has 1 amide bonds. The van der Waals surface area contributed by atoms with Crippen molar-refractivity contribution in [2.45, 2.75) is 26.4 Å². The van der Waals surface area contributed by atoms with Gasteiger partial charge in [-0.25, -0.2) is 0 Å². The molecule has 1 aromatic carbocycles. The number of benzene rings is 1. The Hall–Kier alpha value is -1.75. The predicted molar refractivity (Wildman–Crippen MR) is 76.7 cm³/mol. The fraction of sp³-hybridized carbons (Fsp3) is 0.533. The summed E-state index contributed by atoms with van der Waals surface area (Å²) in [6, 6.07) is 5.62. The molecule has 0 aliphatic carbocycles. The molecular formula is C15H22N2O3. The molecule has 1 aromatic rings. The molecule has 5 heteroatoms. The van der Waals surface area contributed by atoms with E-state index in [9.17, 15) is 4.79 Å². The molecule has 1 aliphatic heterocycles. The second kappa shape index (κ2) is 6.13. The van der Waals surface area contributed by atoms with E-state index in [1.54, 1.807) is 11.9 Å². The second-order valence-electron chi connectivity index (χ2n) is 5.32. The van der Waals surface area contributed by atoms with Gasteiger partial charge in [-0.2, -0.15) is 0 Å². The lowest BCUT2D eigenvalue weighted by Crippen LogP contribution is -2.39.